The molecule has 0 spiro atoms. The molecule has 0 N–H and O–H groups in total. The van der Waals surface area contributed by atoms with Crippen LogP contribution in [0.3, 0.4) is 0 Å². The van der Waals surface area contributed by atoms with Crippen molar-refractivity contribution in [1.29, 1.82) is 0 Å². The van der Waals surface area contributed by atoms with Crippen LogP contribution < -0.4 is 0 Å². The molecule has 0 heterocycles. The summed E-state index contributed by atoms with van der Waals surface area (Å²) in [5.41, 5.74) is -0.679. The maximum Gasteiger partial charge on any atom is 0.265 e. The second kappa shape index (κ2) is 1.82. The summed E-state index contributed by atoms with van der Waals surface area (Å²) >= 11 is 0. The Morgan fingerprint density at radius 1 is 1.71 bits per heavy atom. The fourth-order valence-corrected chi connectivity index (χ4v) is 0.101. The molecule has 40 valence electrons. The Morgan fingerprint density at radius 3 is 2.14 bits per heavy atom. The molecule has 0 aromatic carbocycles. The fourth-order valence-electron chi connectivity index (χ4n) is 0.101. The molecule has 0 aliphatic carbocycles. The second-order valence-electron chi connectivity index (χ2n) is 1.93. The largest absolute Gasteiger partial charge is 0.311 e. The molecule has 0 aliphatic heterocycles. The SMILES string of the molecule is [CH2+]C(C)(C)ON=O. The van der Waals surface area contributed by atoms with E-state index >= 15 is 0 Å². The molecule has 0 aromatic heterocycles. The lowest BCUT2D eigenvalue weighted by Crippen LogP contribution is -2.15. The van der Waals surface area contributed by atoms with Crippen LogP contribution in [0, 0.1) is 11.8 Å². The van der Waals surface area contributed by atoms with Gasteiger partial charge in [-0.3, -0.25) is 0 Å². The Morgan fingerprint density at radius 2 is 2.14 bits per heavy atom. The van der Waals surface area contributed by atoms with Gasteiger partial charge in [-0.15, -0.1) is 4.91 Å². The van der Waals surface area contributed by atoms with Crippen molar-refractivity contribution in [3.63, 3.8) is 0 Å². The Hall–Kier alpha value is -0.730. The monoisotopic (exact) mass is 102 g/mol. The highest BCUT2D eigenvalue weighted by molar-refractivity contribution is 4.68. The zero-order chi connectivity index (χ0) is 5.91. The summed E-state index contributed by atoms with van der Waals surface area (Å²) in [6, 6.07) is 0. The van der Waals surface area contributed by atoms with Crippen LogP contribution in [0.4, 0.5) is 0 Å². The third-order valence-corrected chi connectivity index (χ3v) is 0.284. The molecule has 0 unspecified atom stereocenters. The summed E-state index contributed by atoms with van der Waals surface area (Å²) in [6.45, 7) is 6.74. The van der Waals surface area contributed by atoms with Crippen LogP contribution in [-0.2, 0) is 4.84 Å². The minimum absolute atomic E-state index is 0.679. The summed E-state index contributed by atoms with van der Waals surface area (Å²) in [5, 5.41) is 2.19. The minimum atomic E-state index is -0.679. The smallest absolute Gasteiger partial charge is 0.265 e. The number of hydrogen-bond donors (Lipinski definition) is 0. The molecule has 0 radical (unpaired) electrons. The van der Waals surface area contributed by atoms with E-state index in [1.807, 2.05) is 0 Å². The third-order valence-electron chi connectivity index (χ3n) is 0.284. The lowest BCUT2D eigenvalue weighted by Gasteiger charge is -2.02. The molecular weight excluding hydrogens is 94.0 g/mol. The van der Waals surface area contributed by atoms with Crippen LogP contribution in [0.5, 0.6) is 0 Å². The molecule has 0 aliphatic rings. The van der Waals surface area contributed by atoms with Gasteiger partial charge >= 0.3 is 0 Å². The highest BCUT2D eigenvalue weighted by atomic mass is 16.7. The van der Waals surface area contributed by atoms with Gasteiger partial charge < -0.3 is 4.84 Å². The highest BCUT2D eigenvalue weighted by Gasteiger charge is 2.19. The van der Waals surface area contributed by atoms with Crippen molar-refractivity contribution in [3.05, 3.63) is 11.8 Å². The van der Waals surface area contributed by atoms with E-state index < -0.39 is 5.60 Å². The van der Waals surface area contributed by atoms with Crippen LogP contribution in [0.25, 0.3) is 0 Å². The Bertz CT molecular complexity index is 64.6. The minimum Gasteiger partial charge on any atom is -0.311 e. The first-order chi connectivity index (χ1) is 3.06. The van der Waals surface area contributed by atoms with Gasteiger partial charge in [0.2, 0.25) is 0 Å². The van der Waals surface area contributed by atoms with Gasteiger partial charge in [-0.05, 0) is 0 Å². The lowest BCUT2D eigenvalue weighted by atomic mass is 10.2. The quantitative estimate of drug-likeness (QED) is 0.299. The van der Waals surface area contributed by atoms with Crippen molar-refractivity contribution >= 4 is 0 Å². The van der Waals surface area contributed by atoms with Crippen LogP contribution >= 0.6 is 0 Å². The van der Waals surface area contributed by atoms with E-state index in [0.717, 1.165) is 0 Å². The molecule has 3 nitrogen and oxygen atoms in total. The number of rotatable bonds is 2. The predicted octanol–water partition coefficient (Wildman–Crippen LogP) is 1.30. The Kier molecular flexibility index (Phi) is 1.63. The van der Waals surface area contributed by atoms with E-state index in [1.54, 1.807) is 13.8 Å². The molecule has 0 rings (SSSR count). The van der Waals surface area contributed by atoms with Gasteiger partial charge in [0, 0.05) is 13.8 Å². The normalized spacial score (nSPS) is 10.6. The van der Waals surface area contributed by atoms with Gasteiger partial charge in [0.25, 0.3) is 5.60 Å². The number of nitrogens with zero attached hydrogens (tertiary/aromatic N) is 1. The Balaban J connectivity index is 3.34. The first kappa shape index (κ1) is 6.27. The Labute approximate surface area is 42.6 Å². The lowest BCUT2D eigenvalue weighted by molar-refractivity contribution is 0.0184. The molecule has 7 heavy (non-hydrogen) atoms. The summed E-state index contributed by atoms with van der Waals surface area (Å²) in [7, 11) is 0. The van der Waals surface area contributed by atoms with Gasteiger partial charge in [-0.2, -0.15) is 0 Å². The van der Waals surface area contributed by atoms with Crippen molar-refractivity contribution in [2.24, 2.45) is 5.34 Å². The molecular formula is C4H8NO2+. The fraction of sp³-hybridized carbons (Fsp3) is 0.750. The summed E-state index contributed by atoms with van der Waals surface area (Å²) in [6.07, 6.45) is 0. The van der Waals surface area contributed by atoms with Crippen molar-refractivity contribution < 1.29 is 4.84 Å². The van der Waals surface area contributed by atoms with E-state index in [2.05, 4.69) is 17.1 Å². The molecule has 0 amide bonds. The van der Waals surface area contributed by atoms with E-state index in [0.29, 0.717) is 0 Å². The van der Waals surface area contributed by atoms with E-state index in [1.165, 1.54) is 0 Å². The average molecular weight is 102 g/mol. The van der Waals surface area contributed by atoms with Gasteiger partial charge in [-0.1, -0.05) is 0 Å². The van der Waals surface area contributed by atoms with Crippen molar-refractivity contribution in [3.8, 4) is 0 Å². The van der Waals surface area contributed by atoms with Gasteiger partial charge in [0.15, 0.2) is 5.34 Å². The van der Waals surface area contributed by atoms with Gasteiger partial charge in [-0.25, -0.2) is 0 Å². The maximum absolute atomic E-state index is 9.31. The maximum atomic E-state index is 9.31. The van der Waals surface area contributed by atoms with Crippen LogP contribution in [0.1, 0.15) is 13.8 Å². The molecule has 0 fully saturated rings. The highest BCUT2D eigenvalue weighted by Crippen LogP contribution is 2.04. The van der Waals surface area contributed by atoms with Gasteiger partial charge in [0.1, 0.15) is 6.92 Å². The predicted molar refractivity (Wildman–Crippen MR) is 26.3 cm³/mol. The van der Waals surface area contributed by atoms with Crippen molar-refractivity contribution in [1.82, 2.24) is 0 Å². The van der Waals surface area contributed by atoms with Crippen molar-refractivity contribution in [2.45, 2.75) is 19.4 Å². The second-order valence-corrected chi connectivity index (χ2v) is 1.93. The van der Waals surface area contributed by atoms with Crippen LogP contribution in [-0.4, -0.2) is 5.60 Å². The standard InChI is InChI=1S/C4H8NO2/c1-4(2,3)7-5-6/h1H2,2-3H3/q+1. The first-order valence-corrected chi connectivity index (χ1v) is 1.92. The summed E-state index contributed by atoms with van der Waals surface area (Å²) < 4.78 is 0. The molecule has 0 saturated carbocycles. The van der Waals surface area contributed by atoms with Crippen LogP contribution in [0.2, 0.25) is 0 Å². The zero-order valence-corrected chi connectivity index (χ0v) is 4.47. The van der Waals surface area contributed by atoms with Gasteiger partial charge in [0.05, 0.1) is 0 Å². The molecule has 3 heteroatoms. The molecule has 0 atom stereocenters. The molecule has 0 aromatic rings. The molecule has 0 saturated heterocycles. The van der Waals surface area contributed by atoms with Crippen LogP contribution in [0.15, 0.2) is 5.34 Å². The van der Waals surface area contributed by atoms with E-state index in [9.17, 15) is 4.91 Å². The summed E-state index contributed by atoms with van der Waals surface area (Å²) in [4.78, 5) is 13.5. The topological polar surface area (TPSA) is 38.7 Å². The molecule has 0 bridgehead atoms. The van der Waals surface area contributed by atoms with Crippen molar-refractivity contribution in [2.75, 3.05) is 0 Å². The third kappa shape index (κ3) is 5.27. The number of hydrogen-bond acceptors (Lipinski definition) is 3. The average Bonchev–Trinajstić information content (AvgIpc) is 1.30. The summed E-state index contributed by atoms with van der Waals surface area (Å²) in [5.74, 6) is 0. The van der Waals surface area contributed by atoms with E-state index in [4.69, 9.17) is 0 Å². The first-order valence-electron chi connectivity index (χ1n) is 1.92. The van der Waals surface area contributed by atoms with E-state index in [-0.39, 0.29) is 0 Å². The zero-order valence-electron chi connectivity index (χ0n) is 4.47.